The second kappa shape index (κ2) is 8.88. The Kier molecular flexibility index (Phi) is 5.86. The van der Waals surface area contributed by atoms with E-state index < -0.39 is 0 Å². The number of nitrogens with zero attached hydrogens (tertiary/aromatic N) is 4. The minimum Gasteiger partial charge on any atom is -0.336 e. The van der Waals surface area contributed by atoms with Gasteiger partial charge in [-0.05, 0) is 29.8 Å². The number of carbonyl (C=O) groups excluding carboxylic acids is 1. The van der Waals surface area contributed by atoms with Gasteiger partial charge < -0.3 is 9.80 Å². The average molecular weight is 386 g/mol. The average Bonchev–Trinajstić information content (AvgIpc) is 2.80. The van der Waals surface area contributed by atoms with Crippen LogP contribution in [0.3, 0.4) is 0 Å². The van der Waals surface area contributed by atoms with Gasteiger partial charge in [0, 0.05) is 51.7 Å². The summed E-state index contributed by atoms with van der Waals surface area (Å²) in [6.45, 7) is 4.21. The van der Waals surface area contributed by atoms with Crippen LogP contribution in [0.4, 0.5) is 11.5 Å². The fourth-order valence-corrected chi connectivity index (χ4v) is 3.63. The largest absolute Gasteiger partial charge is 0.336 e. The number of aromatic nitrogens is 1. The molecule has 2 heterocycles. The van der Waals surface area contributed by atoms with Gasteiger partial charge in [-0.15, -0.1) is 0 Å². The molecule has 4 rings (SSSR count). The predicted molar refractivity (Wildman–Crippen MR) is 116 cm³/mol. The molecule has 0 spiro atoms. The molecule has 5 heteroatoms. The molecule has 148 valence electrons. The molecule has 29 heavy (non-hydrogen) atoms. The Morgan fingerprint density at radius 3 is 2.17 bits per heavy atom. The number of anilines is 2. The van der Waals surface area contributed by atoms with Crippen LogP contribution in [-0.4, -0.2) is 53.9 Å². The van der Waals surface area contributed by atoms with Gasteiger partial charge in [0.15, 0.2) is 0 Å². The molecule has 0 unspecified atom stereocenters. The van der Waals surface area contributed by atoms with E-state index in [9.17, 15) is 4.79 Å². The topological polar surface area (TPSA) is 39.7 Å². The number of hydrogen-bond acceptors (Lipinski definition) is 4. The number of piperazine rings is 1. The quantitative estimate of drug-likeness (QED) is 0.669. The first-order valence-electron chi connectivity index (χ1n) is 10.0. The molecular weight excluding hydrogens is 360 g/mol. The molecule has 2 aromatic carbocycles. The van der Waals surface area contributed by atoms with Crippen molar-refractivity contribution in [3.63, 3.8) is 0 Å². The van der Waals surface area contributed by atoms with E-state index in [1.807, 2.05) is 65.4 Å². The summed E-state index contributed by atoms with van der Waals surface area (Å²) in [6.07, 6.45) is 1.69. The molecule has 0 atom stereocenters. The second-order valence-electron chi connectivity index (χ2n) is 7.35. The molecule has 1 aliphatic heterocycles. The molecule has 0 bridgehead atoms. The lowest BCUT2D eigenvalue weighted by Gasteiger charge is -2.34. The first kappa shape index (κ1) is 19.2. The first-order valence-corrected chi connectivity index (χ1v) is 10.0. The summed E-state index contributed by atoms with van der Waals surface area (Å²) in [7, 11) is 1.98. The molecule has 0 aliphatic carbocycles. The van der Waals surface area contributed by atoms with Crippen molar-refractivity contribution < 1.29 is 4.79 Å². The Morgan fingerprint density at radius 1 is 0.897 bits per heavy atom. The molecule has 1 amide bonds. The Hall–Kier alpha value is -3.18. The lowest BCUT2D eigenvalue weighted by molar-refractivity contribution is 0.0628. The summed E-state index contributed by atoms with van der Waals surface area (Å²) in [5, 5.41) is 0. The Morgan fingerprint density at radius 2 is 1.55 bits per heavy atom. The third-order valence-electron chi connectivity index (χ3n) is 5.39. The van der Waals surface area contributed by atoms with Gasteiger partial charge in [-0.25, -0.2) is 4.98 Å². The molecule has 1 fully saturated rings. The van der Waals surface area contributed by atoms with Crippen LogP contribution in [0.15, 0.2) is 79.0 Å². The van der Waals surface area contributed by atoms with E-state index in [0.717, 1.165) is 44.2 Å². The van der Waals surface area contributed by atoms with Crippen molar-refractivity contribution in [1.29, 1.82) is 0 Å². The van der Waals surface area contributed by atoms with E-state index in [4.69, 9.17) is 0 Å². The van der Waals surface area contributed by atoms with Crippen LogP contribution >= 0.6 is 0 Å². The zero-order valence-electron chi connectivity index (χ0n) is 16.7. The van der Waals surface area contributed by atoms with Gasteiger partial charge in [-0.3, -0.25) is 9.69 Å². The number of amides is 1. The lowest BCUT2D eigenvalue weighted by Crippen LogP contribution is -2.48. The first-order chi connectivity index (χ1) is 14.2. The van der Waals surface area contributed by atoms with Crippen LogP contribution in [0, 0.1) is 0 Å². The normalized spacial score (nSPS) is 14.6. The highest BCUT2D eigenvalue weighted by Gasteiger charge is 2.22. The van der Waals surface area contributed by atoms with Crippen LogP contribution in [0.1, 0.15) is 15.9 Å². The van der Waals surface area contributed by atoms with Gasteiger partial charge in [0.25, 0.3) is 5.91 Å². The molecule has 3 aromatic rings. The predicted octanol–water partition coefficient (Wildman–Crippen LogP) is 3.81. The van der Waals surface area contributed by atoms with Crippen molar-refractivity contribution in [2.75, 3.05) is 38.1 Å². The maximum Gasteiger partial charge on any atom is 0.255 e. The highest BCUT2D eigenvalue weighted by Crippen LogP contribution is 2.21. The van der Waals surface area contributed by atoms with Gasteiger partial charge >= 0.3 is 0 Å². The van der Waals surface area contributed by atoms with E-state index >= 15 is 0 Å². The minimum absolute atomic E-state index is 0.0609. The van der Waals surface area contributed by atoms with Crippen molar-refractivity contribution >= 4 is 17.4 Å². The Labute approximate surface area is 172 Å². The highest BCUT2D eigenvalue weighted by atomic mass is 16.2. The SMILES string of the molecule is CN(c1ccccc1)c1ccc(C(=O)N2CCN(Cc3ccccc3)CC2)cn1. The van der Waals surface area contributed by atoms with Crippen LogP contribution in [0.5, 0.6) is 0 Å². The Balaban J connectivity index is 1.34. The fourth-order valence-electron chi connectivity index (χ4n) is 3.63. The summed E-state index contributed by atoms with van der Waals surface area (Å²) in [5.74, 6) is 0.881. The van der Waals surface area contributed by atoms with Gasteiger partial charge in [0.2, 0.25) is 0 Å². The molecule has 5 nitrogen and oxygen atoms in total. The number of benzene rings is 2. The van der Waals surface area contributed by atoms with Crippen LogP contribution < -0.4 is 4.90 Å². The monoisotopic (exact) mass is 386 g/mol. The molecule has 1 aliphatic rings. The van der Waals surface area contributed by atoms with E-state index in [-0.39, 0.29) is 5.91 Å². The molecule has 1 aromatic heterocycles. The van der Waals surface area contributed by atoms with Gasteiger partial charge in [0.05, 0.1) is 5.56 Å². The van der Waals surface area contributed by atoms with E-state index in [1.165, 1.54) is 5.56 Å². The van der Waals surface area contributed by atoms with Crippen molar-refractivity contribution in [2.45, 2.75) is 6.54 Å². The summed E-state index contributed by atoms with van der Waals surface area (Å²) in [6, 6.07) is 24.3. The smallest absolute Gasteiger partial charge is 0.255 e. The lowest BCUT2D eigenvalue weighted by atomic mass is 10.2. The fraction of sp³-hybridized carbons (Fsp3) is 0.250. The zero-order valence-corrected chi connectivity index (χ0v) is 16.7. The molecule has 1 saturated heterocycles. The van der Waals surface area contributed by atoms with Crippen molar-refractivity contribution in [3.8, 4) is 0 Å². The number of para-hydroxylation sites is 1. The van der Waals surface area contributed by atoms with E-state index in [2.05, 4.69) is 34.1 Å². The van der Waals surface area contributed by atoms with Gasteiger partial charge in [-0.2, -0.15) is 0 Å². The number of rotatable bonds is 5. The Bertz CT molecular complexity index is 920. The van der Waals surface area contributed by atoms with Crippen molar-refractivity contribution in [1.82, 2.24) is 14.8 Å². The van der Waals surface area contributed by atoms with Crippen LogP contribution in [0.25, 0.3) is 0 Å². The standard InChI is InChI=1S/C24H26N4O/c1-26(22-10-6-3-7-11-22)23-13-12-21(18-25-23)24(29)28-16-14-27(15-17-28)19-20-8-4-2-5-9-20/h2-13,18H,14-17,19H2,1H3. The van der Waals surface area contributed by atoms with Gasteiger partial charge in [-0.1, -0.05) is 48.5 Å². The summed E-state index contributed by atoms with van der Waals surface area (Å²) >= 11 is 0. The molecule has 0 saturated carbocycles. The molecular formula is C24H26N4O. The second-order valence-corrected chi connectivity index (χ2v) is 7.35. The van der Waals surface area contributed by atoms with Crippen LogP contribution in [0.2, 0.25) is 0 Å². The van der Waals surface area contributed by atoms with Crippen molar-refractivity contribution in [2.24, 2.45) is 0 Å². The van der Waals surface area contributed by atoms with E-state index in [0.29, 0.717) is 5.56 Å². The van der Waals surface area contributed by atoms with E-state index in [1.54, 1.807) is 6.20 Å². The van der Waals surface area contributed by atoms with Gasteiger partial charge in [0.1, 0.15) is 5.82 Å². The maximum absolute atomic E-state index is 12.9. The minimum atomic E-state index is 0.0609. The highest BCUT2D eigenvalue weighted by molar-refractivity contribution is 5.94. The number of carbonyl (C=O) groups is 1. The zero-order chi connectivity index (χ0) is 20.1. The molecule has 0 N–H and O–H groups in total. The number of hydrogen-bond donors (Lipinski definition) is 0. The molecule has 0 radical (unpaired) electrons. The third kappa shape index (κ3) is 4.63. The van der Waals surface area contributed by atoms with Crippen LogP contribution in [-0.2, 0) is 6.54 Å². The summed E-state index contributed by atoms with van der Waals surface area (Å²) in [4.78, 5) is 23.7. The van der Waals surface area contributed by atoms with Crippen molar-refractivity contribution in [3.05, 3.63) is 90.1 Å². The maximum atomic E-state index is 12.9. The summed E-state index contributed by atoms with van der Waals surface area (Å²) in [5.41, 5.74) is 3.02. The third-order valence-corrected chi connectivity index (χ3v) is 5.39. The summed E-state index contributed by atoms with van der Waals surface area (Å²) < 4.78 is 0. The number of pyridine rings is 1.